The van der Waals surface area contributed by atoms with Crippen LogP contribution in [0.1, 0.15) is 49.1 Å². The van der Waals surface area contributed by atoms with Gasteiger partial charge in [0, 0.05) is 16.6 Å². The topological polar surface area (TPSA) is 66.2 Å². The molecule has 0 aliphatic heterocycles. The van der Waals surface area contributed by atoms with Crippen LogP contribution in [0.15, 0.2) is 53.7 Å². The number of carbonyl (C=O) groups excluding carboxylic acids is 1. The zero-order valence-corrected chi connectivity index (χ0v) is 18.9. The standard InChI is InChI=1S/C22H24ClN3O3S/c1-14(2)26-21(15(3)29-20-8-6-5-7-19(20)28-4)24-25-22(26)30-13-18(27)16-9-11-17(23)12-10-16/h5-12,14-15H,13H2,1-4H3. The second kappa shape index (κ2) is 10.00. The number of carbonyl (C=O) groups is 1. The zero-order valence-electron chi connectivity index (χ0n) is 17.3. The fourth-order valence-electron chi connectivity index (χ4n) is 2.96. The summed E-state index contributed by atoms with van der Waals surface area (Å²) in [4.78, 5) is 12.5. The molecule has 2 aromatic carbocycles. The molecule has 3 rings (SSSR count). The number of hydrogen-bond donors (Lipinski definition) is 0. The van der Waals surface area contributed by atoms with Gasteiger partial charge in [0.05, 0.1) is 12.9 Å². The number of ketones is 1. The molecule has 1 aromatic heterocycles. The van der Waals surface area contributed by atoms with Crippen molar-refractivity contribution in [3.8, 4) is 11.5 Å². The van der Waals surface area contributed by atoms with Crippen LogP contribution in [0.3, 0.4) is 0 Å². The van der Waals surface area contributed by atoms with Crippen LogP contribution < -0.4 is 9.47 Å². The Kier molecular flexibility index (Phi) is 7.39. The third-order valence-electron chi connectivity index (χ3n) is 4.44. The Hall–Kier alpha value is -2.51. The molecule has 0 N–H and O–H groups in total. The first-order valence-electron chi connectivity index (χ1n) is 9.56. The van der Waals surface area contributed by atoms with Gasteiger partial charge in [-0.05, 0) is 57.2 Å². The summed E-state index contributed by atoms with van der Waals surface area (Å²) >= 11 is 7.26. The molecule has 0 aliphatic rings. The van der Waals surface area contributed by atoms with Gasteiger partial charge in [0.15, 0.2) is 34.4 Å². The van der Waals surface area contributed by atoms with Crippen molar-refractivity contribution < 1.29 is 14.3 Å². The first-order valence-corrected chi connectivity index (χ1v) is 10.9. The summed E-state index contributed by atoms with van der Waals surface area (Å²) in [7, 11) is 1.61. The highest BCUT2D eigenvalue weighted by molar-refractivity contribution is 7.99. The van der Waals surface area contributed by atoms with Gasteiger partial charge < -0.3 is 14.0 Å². The van der Waals surface area contributed by atoms with E-state index >= 15 is 0 Å². The third kappa shape index (κ3) is 5.15. The Morgan fingerprint density at radius 3 is 2.37 bits per heavy atom. The normalized spacial score (nSPS) is 12.1. The van der Waals surface area contributed by atoms with E-state index in [-0.39, 0.29) is 23.7 Å². The summed E-state index contributed by atoms with van der Waals surface area (Å²) in [5.41, 5.74) is 0.621. The summed E-state index contributed by atoms with van der Waals surface area (Å²) < 4.78 is 13.5. The Bertz CT molecular complexity index is 1010. The number of thioether (sulfide) groups is 1. The molecule has 0 saturated carbocycles. The van der Waals surface area contributed by atoms with Crippen molar-refractivity contribution in [3.63, 3.8) is 0 Å². The van der Waals surface area contributed by atoms with Gasteiger partial charge in [-0.2, -0.15) is 0 Å². The Morgan fingerprint density at radius 1 is 1.07 bits per heavy atom. The number of aromatic nitrogens is 3. The number of halogens is 1. The summed E-state index contributed by atoms with van der Waals surface area (Å²) in [6, 6.07) is 14.5. The fraction of sp³-hybridized carbons (Fsp3) is 0.318. The molecule has 8 heteroatoms. The highest BCUT2D eigenvalue weighted by Crippen LogP contribution is 2.32. The van der Waals surface area contributed by atoms with Crippen molar-refractivity contribution in [1.29, 1.82) is 0 Å². The van der Waals surface area contributed by atoms with E-state index < -0.39 is 0 Å². The van der Waals surface area contributed by atoms with E-state index in [1.54, 1.807) is 31.4 Å². The molecule has 0 spiro atoms. The van der Waals surface area contributed by atoms with Gasteiger partial charge in [-0.25, -0.2) is 0 Å². The van der Waals surface area contributed by atoms with Gasteiger partial charge in [0.2, 0.25) is 0 Å². The molecule has 6 nitrogen and oxygen atoms in total. The molecule has 3 aromatic rings. The van der Waals surface area contributed by atoms with E-state index in [4.69, 9.17) is 21.1 Å². The summed E-state index contributed by atoms with van der Waals surface area (Å²) in [6.45, 7) is 6.02. The van der Waals surface area contributed by atoms with E-state index in [1.807, 2.05) is 49.6 Å². The van der Waals surface area contributed by atoms with Gasteiger partial charge in [-0.15, -0.1) is 10.2 Å². The molecule has 0 saturated heterocycles. The number of para-hydroxylation sites is 2. The predicted molar refractivity (Wildman–Crippen MR) is 119 cm³/mol. The maximum absolute atomic E-state index is 12.5. The highest BCUT2D eigenvalue weighted by atomic mass is 35.5. The number of Topliss-reactive ketones (excluding diaryl/α,β-unsaturated/α-hetero) is 1. The smallest absolute Gasteiger partial charge is 0.192 e. The van der Waals surface area contributed by atoms with Crippen LogP contribution in [0, 0.1) is 0 Å². The minimum Gasteiger partial charge on any atom is -0.493 e. The number of benzene rings is 2. The van der Waals surface area contributed by atoms with E-state index in [9.17, 15) is 4.79 Å². The average Bonchev–Trinajstić information content (AvgIpc) is 3.17. The zero-order chi connectivity index (χ0) is 21.7. The van der Waals surface area contributed by atoms with Gasteiger partial charge in [0.1, 0.15) is 0 Å². The number of methoxy groups -OCH3 is 1. The monoisotopic (exact) mass is 445 g/mol. The lowest BCUT2D eigenvalue weighted by atomic mass is 10.1. The lowest BCUT2D eigenvalue weighted by Crippen LogP contribution is -2.15. The first-order chi connectivity index (χ1) is 14.4. The van der Waals surface area contributed by atoms with Crippen molar-refractivity contribution in [2.24, 2.45) is 0 Å². The lowest BCUT2D eigenvalue weighted by Gasteiger charge is -2.19. The summed E-state index contributed by atoms with van der Waals surface area (Å²) in [6.07, 6.45) is -0.350. The second-order valence-electron chi connectivity index (χ2n) is 6.93. The van der Waals surface area contributed by atoms with E-state index in [0.29, 0.717) is 33.1 Å². The van der Waals surface area contributed by atoms with Crippen molar-refractivity contribution >= 4 is 29.1 Å². The quantitative estimate of drug-likeness (QED) is 0.314. The Labute approximate surface area is 185 Å². The number of ether oxygens (including phenoxy) is 2. The van der Waals surface area contributed by atoms with E-state index in [0.717, 1.165) is 0 Å². The highest BCUT2D eigenvalue weighted by Gasteiger charge is 2.23. The molecule has 1 atom stereocenters. The summed E-state index contributed by atoms with van der Waals surface area (Å²) in [5.74, 6) is 2.25. The Morgan fingerprint density at radius 2 is 1.73 bits per heavy atom. The maximum Gasteiger partial charge on any atom is 0.192 e. The van der Waals surface area contributed by atoms with Crippen molar-refractivity contribution in [2.45, 2.75) is 38.1 Å². The molecular weight excluding hydrogens is 422 g/mol. The van der Waals surface area contributed by atoms with Crippen LogP contribution in [-0.4, -0.2) is 33.4 Å². The van der Waals surface area contributed by atoms with Crippen LogP contribution in [0.5, 0.6) is 11.5 Å². The molecule has 1 heterocycles. The van der Waals surface area contributed by atoms with Gasteiger partial charge in [0.25, 0.3) is 0 Å². The predicted octanol–water partition coefficient (Wildman–Crippen LogP) is 5.64. The molecule has 0 amide bonds. The molecular formula is C22H24ClN3O3S. The largest absolute Gasteiger partial charge is 0.493 e. The minimum absolute atomic E-state index is 0.00911. The van der Waals surface area contributed by atoms with Gasteiger partial charge >= 0.3 is 0 Å². The van der Waals surface area contributed by atoms with E-state index in [2.05, 4.69) is 10.2 Å². The molecule has 1 unspecified atom stereocenters. The Balaban J connectivity index is 1.76. The third-order valence-corrected chi connectivity index (χ3v) is 5.64. The van der Waals surface area contributed by atoms with Crippen molar-refractivity contribution in [2.75, 3.05) is 12.9 Å². The number of nitrogens with zero attached hydrogens (tertiary/aromatic N) is 3. The maximum atomic E-state index is 12.5. The molecule has 30 heavy (non-hydrogen) atoms. The lowest BCUT2D eigenvalue weighted by molar-refractivity contribution is 0.102. The number of hydrogen-bond acceptors (Lipinski definition) is 6. The van der Waals surface area contributed by atoms with Crippen molar-refractivity contribution in [3.05, 3.63) is 64.9 Å². The van der Waals surface area contributed by atoms with Crippen LogP contribution >= 0.6 is 23.4 Å². The number of rotatable bonds is 9. The molecule has 0 fully saturated rings. The molecule has 158 valence electrons. The second-order valence-corrected chi connectivity index (χ2v) is 8.31. The van der Waals surface area contributed by atoms with Crippen LogP contribution in [0.2, 0.25) is 5.02 Å². The summed E-state index contributed by atoms with van der Waals surface area (Å²) in [5, 5.41) is 9.95. The van der Waals surface area contributed by atoms with Crippen LogP contribution in [0.4, 0.5) is 0 Å². The average molecular weight is 446 g/mol. The SMILES string of the molecule is COc1ccccc1OC(C)c1nnc(SCC(=O)c2ccc(Cl)cc2)n1C(C)C. The van der Waals surface area contributed by atoms with Crippen LogP contribution in [-0.2, 0) is 0 Å². The van der Waals surface area contributed by atoms with Crippen LogP contribution in [0.25, 0.3) is 0 Å². The first kappa shape index (κ1) is 22.2. The molecule has 0 bridgehead atoms. The minimum atomic E-state index is -0.350. The van der Waals surface area contributed by atoms with Crippen molar-refractivity contribution in [1.82, 2.24) is 14.8 Å². The van der Waals surface area contributed by atoms with Gasteiger partial charge in [-0.3, -0.25) is 4.79 Å². The molecule has 0 aliphatic carbocycles. The molecule has 0 radical (unpaired) electrons. The van der Waals surface area contributed by atoms with E-state index in [1.165, 1.54) is 11.8 Å². The fourth-order valence-corrected chi connectivity index (χ4v) is 4.05. The van der Waals surface area contributed by atoms with Gasteiger partial charge in [-0.1, -0.05) is 35.5 Å².